The van der Waals surface area contributed by atoms with Crippen molar-refractivity contribution in [3.05, 3.63) is 54.1 Å². The number of likely N-dealkylation sites (N-methyl/N-ethyl adjacent to an activating group) is 1. The number of hydrogen-bond acceptors (Lipinski definition) is 5. The lowest BCUT2D eigenvalue weighted by Gasteiger charge is -2.21. The van der Waals surface area contributed by atoms with E-state index in [4.69, 9.17) is 21.7 Å². The predicted octanol–water partition coefficient (Wildman–Crippen LogP) is 2.90. The van der Waals surface area contributed by atoms with E-state index in [0.717, 1.165) is 12.2 Å². The Labute approximate surface area is 159 Å². The molecule has 0 unspecified atom stereocenters. The van der Waals surface area contributed by atoms with E-state index in [2.05, 4.69) is 15.5 Å². The van der Waals surface area contributed by atoms with E-state index >= 15 is 0 Å². The number of benzene rings is 2. The van der Waals surface area contributed by atoms with Gasteiger partial charge in [0.25, 0.3) is 5.91 Å². The summed E-state index contributed by atoms with van der Waals surface area (Å²) in [5.41, 5.74) is 2.19. The first-order valence-corrected chi connectivity index (χ1v) is 8.51. The molecule has 0 radical (unpaired) electrons. The van der Waals surface area contributed by atoms with Gasteiger partial charge in [-0.2, -0.15) is 0 Å². The largest absolute Gasteiger partial charge is 0.495 e. The highest BCUT2D eigenvalue weighted by atomic mass is 32.1. The molecule has 0 heterocycles. The van der Waals surface area contributed by atoms with E-state index in [9.17, 15) is 4.79 Å². The first kappa shape index (κ1) is 19.7. The number of ether oxygens (including phenoxy) is 2. The van der Waals surface area contributed by atoms with E-state index in [1.807, 2.05) is 31.3 Å². The molecule has 0 aliphatic carbocycles. The van der Waals surface area contributed by atoms with Crippen molar-refractivity contribution in [2.75, 3.05) is 44.6 Å². The molecule has 0 fully saturated rings. The Morgan fingerprint density at radius 1 is 1.15 bits per heavy atom. The summed E-state index contributed by atoms with van der Waals surface area (Å²) in [6.07, 6.45) is 0. The first-order chi connectivity index (χ1) is 12.5. The van der Waals surface area contributed by atoms with Crippen molar-refractivity contribution in [3.63, 3.8) is 0 Å². The zero-order chi connectivity index (χ0) is 18.9. The Balaban J connectivity index is 2.08. The SMILES string of the molecule is COCCN(C)c1ccc(OC)c(NC(=S)NC(=O)c2ccccc2)c1. The zero-order valence-electron chi connectivity index (χ0n) is 15.1. The molecule has 2 N–H and O–H groups in total. The van der Waals surface area contributed by atoms with Crippen LogP contribution in [-0.2, 0) is 4.74 Å². The molecule has 2 aromatic rings. The molecule has 0 saturated heterocycles. The number of nitrogens with one attached hydrogen (secondary N) is 2. The Morgan fingerprint density at radius 3 is 2.54 bits per heavy atom. The van der Waals surface area contributed by atoms with Gasteiger partial charge in [-0.15, -0.1) is 0 Å². The molecule has 0 aromatic heterocycles. The van der Waals surface area contributed by atoms with Gasteiger partial charge in [-0.3, -0.25) is 10.1 Å². The van der Waals surface area contributed by atoms with Gasteiger partial charge in [0, 0.05) is 32.0 Å². The monoisotopic (exact) mass is 373 g/mol. The van der Waals surface area contributed by atoms with Crippen LogP contribution in [-0.4, -0.2) is 45.4 Å². The van der Waals surface area contributed by atoms with Crippen molar-refractivity contribution in [2.45, 2.75) is 0 Å². The number of carbonyl (C=O) groups is 1. The lowest BCUT2D eigenvalue weighted by atomic mass is 10.2. The van der Waals surface area contributed by atoms with Crippen LogP contribution in [0.5, 0.6) is 5.75 Å². The molecule has 0 spiro atoms. The maximum atomic E-state index is 12.2. The highest BCUT2D eigenvalue weighted by Crippen LogP contribution is 2.29. The first-order valence-electron chi connectivity index (χ1n) is 8.10. The van der Waals surface area contributed by atoms with Crippen LogP contribution in [0.4, 0.5) is 11.4 Å². The third-order valence-electron chi connectivity index (χ3n) is 3.77. The summed E-state index contributed by atoms with van der Waals surface area (Å²) in [5, 5.41) is 5.90. The minimum atomic E-state index is -0.268. The van der Waals surface area contributed by atoms with Crippen molar-refractivity contribution in [3.8, 4) is 5.75 Å². The van der Waals surface area contributed by atoms with Crippen LogP contribution in [0.25, 0.3) is 0 Å². The zero-order valence-corrected chi connectivity index (χ0v) is 15.9. The maximum absolute atomic E-state index is 12.2. The number of carbonyl (C=O) groups excluding carboxylic acids is 1. The van der Waals surface area contributed by atoms with Gasteiger partial charge in [0.05, 0.1) is 19.4 Å². The summed E-state index contributed by atoms with van der Waals surface area (Å²) in [5.74, 6) is 0.362. The highest BCUT2D eigenvalue weighted by molar-refractivity contribution is 7.80. The third-order valence-corrected chi connectivity index (χ3v) is 3.97. The number of hydrogen-bond donors (Lipinski definition) is 2. The van der Waals surface area contributed by atoms with Gasteiger partial charge in [-0.25, -0.2) is 0 Å². The van der Waals surface area contributed by atoms with E-state index in [1.165, 1.54) is 0 Å². The molecule has 0 aliphatic rings. The number of anilines is 2. The van der Waals surface area contributed by atoms with Gasteiger partial charge in [-0.05, 0) is 42.5 Å². The summed E-state index contributed by atoms with van der Waals surface area (Å²) in [6, 6.07) is 14.6. The molecule has 0 atom stereocenters. The van der Waals surface area contributed by atoms with Crippen LogP contribution >= 0.6 is 12.2 Å². The fraction of sp³-hybridized carbons (Fsp3) is 0.263. The number of rotatable bonds is 7. The van der Waals surface area contributed by atoms with Gasteiger partial charge < -0.3 is 19.7 Å². The molecule has 0 bridgehead atoms. The molecule has 7 heteroatoms. The molecule has 26 heavy (non-hydrogen) atoms. The second-order valence-corrected chi connectivity index (χ2v) is 5.98. The van der Waals surface area contributed by atoms with E-state index in [1.54, 1.807) is 38.5 Å². The average Bonchev–Trinajstić information content (AvgIpc) is 2.66. The summed E-state index contributed by atoms with van der Waals surface area (Å²) in [6.45, 7) is 1.37. The molecular formula is C19H23N3O3S. The highest BCUT2D eigenvalue weighted by Gasteiger charge is 2.11. The smallest absolute Gasteiger partial charge is 0.257 e. The Hall–Kier alpha value is -2.64. The average molecular weight is 373 g/mol. The Kier molecular flexibility index (Phi) is 7.37. The fourth-order valence-corrected chi connectivity index (χ4v) is 2.51. The second-order valence-electron chi connectivity index (χ2n) is 5.57. The normalized spacial score (nSPS) is 10.1. The van der Waals surface area contributed by atoms with E-state index in [0.29, 0.717) is 23.6 Å². The minimum absolute atomic E-state index is 0.203. The Morgan fingerprint density at radius 2 is 1.88 bits per heavy atom. The van der Waals surface area contributed by atoms with Gasteiger partial charge in [0.2, 0.25) is 0 Å². The molecule has 2 aromatic carbocycles. The standard InChI is InChI=1S/C19H23N3O3S/c1-22(11-12-24-2)15-9-10-17(25-3)16(13-15)20-19(26)21-18(23)14-7-5-4-6-8-14/h4-10,13H,11-12H2,1-3H3,(H2,20,21,23,26). The third kappa shape index (κ3) is 5.44. The van der Waals surface area contributed by atoms with Crippen LogP contribution < -0.4 is 20.3 Å². The van der Waals surface area contributed by atoms with Gasteiger partial charge in [0.15, 0.2) is 5.11 Å². The molecular weight excluding hydrogens is 350 g/mol. The minimum Gasteiger partial charge on any atom is -0.495 e. The summed E-state index contributed by atoms with van der Waals surface area (Å²) in [4.78, 5) is 14.3. The molecule has 138 valence electrons. The second kappa shape index (κ2) is 9.74. The lowest BCUT2D eigenvalue weighted by Crippen LogP contribution is -2.34. The number of nitrogens with zero attached hydrogens (tertiary/aromatic N) is 1. The number of amides is 1. The summed E-state index contributed by atoms with van der Waals surface area (Å²) in [7, 11) is 5.23. The van der Waals surface area contributed by atoms with E-state index in [-0.39, 0.29) is 11.0 Å². The molecule has 1 amide bonds. The van der Waals surface area contributed by atoms with Crippen molar-refractivity contribution in [1.82, 2.24) is 5.32 Å². The van der Waals surface area contributed by atoms with Crippen LogP contribution in [0.1, 0.15) is 10.4 Å². The van der Waals surface area contributed by atoms with Crippen molar-refractivity contribution >= 4 is 34.6 Å². The van der Waals surface area contributed by atoms with Gasteiger partial charge in [-0.1, -0.05) is 18.2 Å². The predicted molar refractivity (Wildman–Crippen MR) is 108 cm³/mol. The van der Waals surface area contributed by atoms with Crippen LogP contribution in [0, 0.1) is 0 Å². The molecule has 2 rings (SSSR count). The summed E-state index contributed by atoms with van der Waals surface area (Å²) >= 11 is 5.27. The lowest BCUT2D eigenvalue weighted by molar-refractivity contribution is 0.0977. The topological polar surface area (TPSA) is 62.8 Å². The van der Waals surface area contributed by atoms with Crippen LogP contribution in [0.15, 0.2) is 48.5 Å². The van der Waals surface area contributed by atoms with Gasteiger partial charge >= 0.3 is 0 Å². The fourth-order valence-electron chi connectivity index (χ4n) is 2.31. The maximum Gasteiger partial charge on any atom is 0.257 e. The van der Waals surface area contributed by atoms with Crippen LogP contribution in [0.3, 0.4) is 0 Å². The van der Waals surface area contributed by atoms with Gasteiger partial charge in [0.1, 0.15) is 5.75 Å². The summed E-state index contributed by atoms with van der Waals surface area (Å²) < 4.78 is 10.5. The Bertz CT molecular complexity index is 753. The van der Waals surface area contributed by atoms with Crippen LogP contribution in [0.2, 0.25) is 0 Å². The van der Waals surface area contributed by atoms with E-state index < -0.39 is 0 Å². The molecule has 0 saturated carbocycles. The molecule has 6 nitrogen and oxygen atoms in total. The van der Waals surface area contributed by atoms with Crippen molar-refractivity contribution in [1.29, 1.82) is 0 Å². The number of thiocarbonyl (C=S) groups is 1. The quantitative estimate of drug-likeness (QED) is 0.728. The van der Waals surface area contributed by atoms with Crippen molar-refractivity contribution in [2.24, 2.45) is 0 Å². The molecule has 0 aliphatic heterocycles. The number of methoxy groups -OCH3 is 2. The van der Waals surface area contributed by atoms with Crippen molar-refractivity contribution < 1.29 is 14.3 Å².